The molecule has 0 spiro atoms. The molecule has 96 valence electrons. The molecule has 0 heterocycles. The number of benzene rings is 1. The molecule has 0 aliphatic rings. The molecule has 0 radical (unpaired) electrons. The smallest absolute Gasteiger partial charge is 0.232 e. The Balaban J connectivity index is 2.22. The van der Waals surface area contributed by atoms with Crippen molar-refractivity contribution in [2.24, 2.45) is 0 Å². The number of rotatable bonds is 7. The number of hydrogen-bond donors (Lipinski definition) is 0. The van der Waals surface area contributed by atoms with Gasteiger partial charge >= 0.3 is 0 Å². The van der Waals surface area contributed by atoms with E-state index in [0.29, 0.717) is 19.6 Å². The molecule has 0 bridgehead atoms. The van der Waals surface area contributed by atoms with Crippen LogP contribution in [0.1, 0.15) is 12.0 Å². The normalized spacial score (nSPS) is 11.4. The summed E-state index contributed by atoms with van der Waals surface area (Å²) in [5, 5.41) is 0. The molecule has 0 saturated carbocycles. The van der Waals surface area contributed by atoms with Crippen molar-refractivity contribution in [1.82, 2.24) is 0 Å². The van der Waals surface area contributed by atoms with Crippen LogP contribution >= 0.6 is 10.7 Å². The van der Waals surface area contributed by atoms with Gasteiger partial charge in [0.15, 0.2) is 0 Å². The predicted octanol–water partition coefficient (Wildman–Crippen LogP) is 2.17. The van der Waals surface area contributed by atoms with Crippen molar-refractivity contribution in [1.29, 1.82) is 0 Å². The Labute approximate surface area is 106 Å². The summed E-state index contributed by atoms with van der Waals surface area (Å²) in [5.41, 5.74) is 1.01. The Morgan fingerprint density at radius 2 is 1.88 bits per heavy atom. The lowest BCUT2D eigenvalue weighted by molar-refractivity contribution is 0.122. The number of methoxy groups -OCH3 is 1. The van der Waals surface area contributed by atoms with E-state index in [9.17, 15) is 8.42 Å². The lowest BCUT2D eigenvalue weighted by Crippen LogP contribution is -2.03. The zero-order chi connectivity index (χ0) is 12.7. The predicted molar refractivity (Wildman–Crippen MR) is 66.9 cm³/mol. The zero-order valence-corrected chi connectivity index (χ0v) is 11.1. The number of hydrogen-bond acceptors (Lipinski definition) is 4. The molecular formula is C11H15ClO4S. The standard InChI is InChI=1S/C11H15ClO4S/c1-15-11-5-3-10(4-6-11)9-16-7-2-8-17(12,13)14/h3-6H,2,7-9H2,1H3. The van der Waals surface area contributed by atoms with E-state index in [2.05, 4.69) is 0 Å². The molecule has 0 aromatic heterocycles. The SMILES string of the molecule is COc1ccc(COCCCS(=O)(=O)Cl)cc1. The molecule has 0 aliphatic heterocycles. The summed E-state index contributed by atoms with van der Waals surface area (Å²) in [5.74, 6) is 0.735. The van der Waals surface area contributed by atoms with Crippen LogP contribution in [0.15, 0.2) is 24.3 Å². The van der Waals surface area contributed by atoms with Crippen molar-refractivity contribution in [2.75, 3.05) is 19.5 Å². The molecule has 17 heavy (non-hydrogen) atoms. The first kappa shape index (κ1) is 14.3. The minimum atomic E-state index is -3.40. The van der Waals surface area contributed by atoms with Crippen LogP contribution in [0.3, 0.4) is 0 Å². The van der Waals surface area contributed by atoms with Crippen LogP contribution in [-0.2, 0) is 20.4 Å². The number of halogens is 1. The fourth-order valence-corrected chi connectivity index (χ4v) is 2.04. The van der Waals surface area contributed by atoms with Crippen molar-refractivity contribution >= 4 is 19.7 Å². The fraction of sp³-hybridized carbons (Fsp3) is 0.455. The van der Waals surface area contributed by atoms with Gasteiger partial charge in [-0.15, -0.1) is 0 Å². The van der Waals surface area contributed by atoms with Gasteiger partial charge in [0, 0.05) is 17.3 Å². The maximum absolute atomic E-state index is 10.6. The van der Waals surface area contributed by atoms with Crippen molar-refractivity contribution in [3.05, 3.63) is 29.8 Å². The second-order valence-corrected chi connectivity index (χ2v) is 6.39. The maximum atomic E-state index is 10.6. The second-order valence-electron chi connectivity index (χ2n) is 3.50. The summed E-state index contributed by atoms with van der Waals surface area (Å²) < 4.78 is 31.6. The van der Waals surface area contributed by atoms with E-state index >= 15 is 0 Å². The highest BCUT2D eigenvalue weighted by Crippen LogP contribution is 2.12. The summed E-state index contributed by atoms with van der Waals surface area (Å²) in [7, 11) is 3.27. The largest absolute Gasteiger partial charge is 0.497 e. The highest BCUT2D eigenvalue weighted by molar-refractivity contribution is 8.13. The Hall–Kier alpha value is -0.780. The molecule has 0 fully saturated rings. The van der Waals surface area contributed by atoms with E-state index in [-0.39, 0.29) is 5.75 Å². The van der Waals surface area contributed by atoms with Crippen LogP contribution in [0.4, 0.5) is 0 Å². The molecule has 1 rings (SSSR count). The van der Waals surface area contributed by atoms with Gasteiger partial charge in [-0.25, -0.2) is 8.42 Å². The topological polar surface area (TPSA) is 52.6 Å². The minimum absolute atomic E-state index is 0.0584. The lowest BCUT2D eigenvalue weighted by atomic mass is 10.2. The summed E-state index contributed by atoms with van der Waals surface area (Å²) in [4.78, 5) is 0. The van der Waals surface area contributed by atoms with E-state index in [1.54, 1.807) is 7.11 Å². The highest BCUT2D eigenvalue weighted by Gasteiger charge is 2.04. The third-order valence-corrected chi connectivity index (χ3v) is 3.34. The average Bonchev–Trinajstić information content (AvgIpc) is 2.28. The Morgan fingerprint density at radius 1 is 1.24 bits per heavy atom. The van der Waals surface area contributed by atoms with Gasteiger partial charge in [0.1, 0.15) is 5.75 Å². The molecule has 4 nitrogen and oxygen atoms in total. The van der Waals surface area contributed by atoms with Crippen LogP contribution in [0.2, 0.25) is 0 Å². The van der Waals surface area contributed by atoms with Gasteiger partial charge in [0.25, 0.3) is 0 Å². The van der Waals surface area contributed by atoms with Crippen LogP contribution < -0.4 is 4.74 Å². The van der Waals surface area contributed by atoms with E-state index in [0.717, 1.165) is 11.3 Å². The molecule has 1 aromatic rings. The van der Waals surface area contributed by atoms with E-state index in [1.807, 2.05) is 24.3 Å². The molecule has 0 aliphatic carbocycles. The van der Waals surface area contributed by atoms with Crippen molar-refractivity contribution in [3.8, 4) is 5.75 Å². The van der Waals surface area contributed by atoms with Gasteiger partial charge in [-0.1, -0.05) is 12.1 Å². The molecule has 0 unspecified atom stereocenters. The molecule has 0 N–H and O–H groups in total. The summed E-state index contributed by atoms with van der Waals surface area (Å²) >= 11 is 0. The van der Waals surface area contributed by atoms with Gasteiger partial charge in [-0.2, -0.15) is 0 Å². The Kier molecular flexibility index (Phi) is 5.74. The van der Waals surface area contributed by atoms with Crippen molar-refractivity contribution in [3.63, 3.8) is 0 Å². The second kappa shape index (κ2) is 6.83. The van der Waals surface area contributed by atoms with Crippen molar-refractivity contribution in [2.45, 2.75) is 13.0 Å². The Morgan fingerprint density at radius 3 is 2.41 bits per heavy atom. The van der Waals surface area contributed by atoms with Crippen molar-refractivity contribution < 1.29 is 17.9 Å². The van der Waals surface area contributed by atoms with E-state index in [1.165, 1.54) is 0 Å². The zero-order valence-electron chi connectivity index (χ0n) is 9.56. The van der Waals surface area contributed by atoms with E-state index in [4.69, 9.17) is 20.2 Å². The maximum Gasteiger partial charge on any atom is 0.232 e. The lowest BCUT2D eigenvalue weighted by Gasteiger charge is -2.04. The van der Waals surface area contributed by atoms with Gasteiger partial charge in [-0.3, -0.25) is 0 Å². The summed E-state index contributed by atoms with van der Waals surface area (Å²) in [6, 6.07) is 7.50. The Bertz CT molecular complexity index is 427. The molecule has 0 amide bonds. The van der Waals surface area contributed by atoms with Crippen LogP contribution in [0.25, 0.3) is 0 Å². The van der Waals surface area contributed by atoms with Gasteiger partial charge in [0.05, 0.1) is 19.5 Å². The van der Waals surface area contributed by atoms with Crippen LogP contribution in [-0.4, -0.2) is 27.9 Å². The van der Waals surface area contributed by atoms with Gasteiger partial charge in [0.2, 0.25) is 9.05 Å². The summed E-state index contributed by atoms with van der Waals surface area (Å²) in [6.45, 7) is 0.824. The number of ether oxygens (including phenoxy) is 2. The quantitative estimate of drug-likeness (QED) is 0.567. The molecule has 0 saturated heterocycles. The first-order chi connectivity index (χ1) is 8.01. The summed E-state index contributed by atoms with van der Waals surface area (Å²) in [6.07, 6.45) is 0.405. The van der Waals surface area contributed by atoms with Crippen LogP contribution in [0, 0.1) is 0 Å². The van der Waals surface area contributed by atoms with Crippen LogP contribution in [0.5, 0.6) is 5.75 Å². The first-order valence-corrected chi connectivity index (χ1v) is 7.62. The monoisotopic (exact) mass is 278 g/mol. The van der Waals surface area contributed by atoms with Gasteiger partial charge in [-0.05, 0) is 24.1 Å². The minimum Gasteiger partial charge on any atom is -0.497 e. The highest BCUT2D eigenvalue weighted by atomic mass is 35.7. The van der Waals surface area contributed by atoms with E-state index < -0.39 is 9.05 Å². The molecule has 6 heteroatoms. The molecule has 1 aromatic carbocycles. The molecular weight excluding hydrogens is 264 g/mol. The third kappa shape index (κ3) is 6.51. The average molecular weight is 279 g/mol. The van der Waals surface area contributed by atoms with Gasteiger partial charge < -0.3 is 9.47 Å². The first-order valence-electron chi connectivity index (χ1n) is 5.14. The fourth-order valence-electron chi connectivity index (χ4n) is 1.25. The molecule has 0 atom stereocenters. The third-order valence-electron chi connectivity index (χ3n) is 2.10.